The van der Waals surface area contributed by atoms with E-state index in [0.717, 1.165) is 24.5 Å². The number of rotatable bonds is 6. The molecule has 7 nitrogen and oxygen atoms in total. The van der Waals surface area contributed by atoms with Crippen molar-refractivity contribution in [2.24, 2.45) is 0 Å². The van der Waals surface area contributed by atoms with E-state index >= 15 is 0 Å². The molecule has 154 valence electrons. The second kappa shape index (κ2) is 9.32. The van der Waals surface area contributed by atoms with Crippen LogP contribution in [0.3, 0.4) is 0 Å². The fourth-order valence-corrected chi connectivity index (χ4v) is 3.10. The van der Waals surface area contributed by atoms with Crippen molar-refractivity contribution in [1.82, 2.24) is 10.2 Å². The third-order valence-electron chi connectivity index (χ3n) is 4.59. The summed E-state index contributed by atoms with van der Waals surface area (Å²) in [5.41, 5.74) is 2.15. The van der Waals surface area contributed by atoms with Crippen LogP contribution in [0.25, 0.3) is 11.3 Å². The predicted molar refractivity (Wildman–Crippen MR) is 111 cm³/mol. The zero-order chi connectivity index (χ0) is 20.8. The van der Waals surface area contributed by atoms with Gasteiger partial charge in [-0.25, -0.2) is 4.39 Å². The molecule has 1 aliphatic rings. The number of carbonyl (C=O) groups excluding carboxylic acids is 1. The number of amides is 1. The van der Waals surface area contributed by atoms with Gasteiger partial charge in [0.25, 0.3) is 5.91 Å². The van der Waals surface area contributed by atoms with E-state index in [1.807, 2.05) is 30.3 Å². The normalized spacial score (nSPS) is 13.7. The quantitative estimate of drug-likeness (QED) is 0.675. The molecule has 30 heavy (non-hydrogen) atoms. The van der Waals surface area contributed by atoms with Crippen molar-refractivity contribution >= 4 is 17.4 Å². The van der Waals surface area contributed by atoms with E-state index in [-0.39, 0.29) is 12.5 Å². The van der Waals surface area contributed by atoms with Crippen molar-refractivity contribution in [2.75, 3.05) is 43.1 Å². The number of ether oxygens (including phenoxy) is 2. The molecule has 1 amide bonds. The number of morpholine rings is 1. The molecule has 2 heterocycles. The maximum Gasteiger partial charge on any atom is 0.262 e. The van der Waals surface area contributed by atoms with Crippen LogP contribution in [-0.4, -0.2) is 49.0 Å². The molecule has 0 bridgehead atoms. The monoisotopic (exact) mass is 408 g/mol. The predicted octanol–water partition coefficient (Wildman–Crippen LogP) is 3.14. The average Bonchev–Trinajstić information content (AvgIpc) is 2.79. The molecule has 0 saturated carbocycles. The third kappa shape index (κ3) is 5.09. The first-order chi connectivity index (χ1) is 14.7. The lowest BCUT2D eigenvalue weighted by Gasteiger charge is -2.27. The molecule has 1 N–H and O–H groups in total. The molecule has 1 fully saturated rings. The topological polar surface area (TPSA) is 76.6 Å². The van der Waals surface area contributed by atoms with Crippen LogP contribution in [-0.2, 0) is 9.53 Å². The van der Waals surface area contributed by atoms with Gasteiger partial charge in [-0.1, -0.05) is 18.2 Å². The van der Waals surface area contributed by atoms with Crippen molar-refractivity contribution in [3.8, 4) is 17.0 Å². The van der Waals surface area contributed by atoms with Gasteiger partial charge in [-0.05, 0) is 36.4 Å². The number of benzene rings is 2. The van der Waals surface area contributed by atoms with Gasteiger partial charge in [0.15, 0.2) is 12.4 Å². The minimum absolute atomic E-state index is 0.221. The molecule has 0 spiro atoms. The van der Waals surface area contributed by atoms with Crippen molar-refractivity contribution in [3.05, 3.63) is 66.5 Å². The van der Waals surface area contributed by atoms with Crippen molar-refractivity contribution in [1.29, 1.82) is 0 Å². The smallest absolute Gasteiger partial charge is 0.262 e. The van der Waals surface area contributed by atoms with Crippen LogP contribution in [0.4, 0.5) is 15.9 Å². The molecule has 0 atom stereocenters. The average molecular weight is 408 g/mol. The van der Waals surface area contributed by atoms with Gasteiger partial charge >= 0.3 is 0 Å². The summed E-state index contributed by atoms with van der Waals surface area (Å²) in [4.78, 5) is 14.3. The summed E-state index contributed by atoms with van der Waals surface area (Å²) in [7, 11) is 0. The number of hydrogen-bond acceptors (Lipinski definition) is 6. The standard InChI is InChI=1S/C22H21FN4O3/c23-17-4-2-6-19(14-17)30-15-22(28)24-18-5-1-3-16(13-18)20-7-8-21(26-25-20)27-9-11-29-12-10-27/h1-8,13-14H,9-12,15H2,(H,24,28). The van der Waals surface area contributed by atoms with Gasteiger partial charge in [0.2, 0.25) is 0 Å². The lowest BCUT2D eigenvalue weighted by molar-refractivity contribution is -0.118. The van der Waals surface area contributed by atoms with E-state index in [2.05, 4.69) is 20.4 Å². The number of anilines is 2. The SMILES string of the molecule is O=C(COc1cccc(F)c1)Nc1cccc(-c2ccc(N3CCOCC3)nn2)c1. The molecular formula is C22H21FN4O3. The molecule has 1 saturated heterocycles. The molecule has 0 unspecified atom stereocenters. The molecule has 0 radical (unpaired) electrons. The summed E-state index contributed by atoms with van der Waals surface area (Å²) >= 11 is 0. The summed E-state index contributed by atoms with van der Waals surface area (Å²) in [6, 6.07) is 16.8. The Morgan fingerprint density at radius 3 is 2.67 bits per heavy atom. The van der Waals surface area contributed by atoms with E-state index in [4.69, 9.17) is 9.47 Å². The largest absolute Gasteiger partial charge is 0.484 e. The van der Waals surface area contributed by atoms with Gasteiger partial charge < -0.3 is 19.7 Å². The minimum Gasteiger partial charge on any atom is -0.484 e. The number of carbonyl (C=O) groups is 1. The second-order valence-corrected chi connectivity index (χ2v) is 6.75. The van der Waals surface area contributed by atoms with E-state index in [1.165, 1.54) is 18.2 Å². The highest BCUT2D eigenvalue weighted by Crippen LogP contribution is 2.22. The maximum atomic E-state index is 13.2. The molecule has 2 aromatic carbocycles. The highest BCUT2D eigenvalue weighted by Gasteiger charge is 2.13. The summed E-state index contributed by atoms with van der Waals surface area (Å²) in [6.45, 7) is 2.75. The Labute approximate surface area is 173 Å². The van der Waals surface area contributed by atoms with E-state index in [0.29, 0.717) is 30.3 Å². The first-order valence-corrected chi connectivity index (χ1v) is 9.62. The molecule has 1 aromatic heterocycles. The summed E-state index contributed by atoms with van der Waals surface area (Å²) < 4.78 is 23.9. The molecule has 4 rings (SSSR count). The molecular weight excluding hydrogens is 387 g/mol. The van der Waals surface area contributed by atoms with Crippen molar-refractivity contribution in [2.45, 2.75) is 0 Å². The Balaban J connectivity index is 1.37. The highest BCUT2D eigenvalue weighted by molar-refractivity contribution is 5.92. The van der Waals surface area contributed by atoms with Crippen LogP contribution in [0, 0.1) is 5.82 Å². The first kappa shape index (κ1) is 19.8. The third-order valence-corrected chi connectivity index (χ3v) is 4.59. The Bertz CT molecular complexity index is 1010. The van der Waals surface area contributed by atoms with E-state index < -0.39 is 5.82 Å². The molecule has 8 heteroatoms. The molecule has 1 aliphatic heterocycles. The Hall–Kier alpha value is -3.52. The van der Waals surface area contributed by atoms with Gasteiger partial charge in [0.05, 0.1) is 18.9 Å². The van der Waals surface area contributed by atoms with Crippen molar-refractivity contribution in [3.63, 3.8) is 0 Å². The number of hydrogen-bond donors (Lipinski definition) is 1. The van der Waals surface area contributed by atoms with Crippen LogP contribution in [0.15, 0.2) is 60.7 Å². The zero-order valence-corrected chi connectivity index (χ0v) is 16.3. The Kier molecular flexibility index (Phi) is 6.14. The fraction of sp³-hybridized carbons (Fsp3) is 0.227. The fourth-order valence-electron chi connectivity index (χ4n) is 3.10. The number of halogens is 1. The minimum atomic E-state index is -0.415. The van der Waals surface area contributed by atoms with E-state index in [9.17, 15) is 9.18 Å². The summed E-state index contributed by atoms with van der Waals surface area (Å²) in [5, 5.41) is 11.4. The summed E-state index contributed by atoms with van der Waals surface area (Å²) in [6.07, 6.45) is 0. The number of nitrogens with one attached hydrogen (secondary N) is 1. The van der Waals surface area contributed by atoms with Gasteiger partial charge in [-0.15, -0.1) is 10.2 Å². The van der Waals surface area contributed by atoms with Crippen molar-refractivity contribution < 1.29 is 18.7 Å². The Morgan fingerprint density at radius 1 is 1.07 bits per heavy atom. The zero-order valence-electron chi connectivity index (χ0n) is 16.3. The number of aromatic nitrogens is 2. The maximum absolute atomic E-state index is 13.2. The van der Waals surface area contributed by atoms with Crippen LogP contribution in [0.2, 0.25) is 0 Å². The van der Waals surface area contributed by atoms with E-state index in [1.54, 1.807) is 12.1 Å². The highest BCUT2D eigenvalue weighted by atomic mass is 19.1. The summed E-state index contributed by atoms with van der Waals surface area (Å²) in [5.74, 6) is 0.363. The Morgan fingerprint density at radius 2 is 1.90 bits per heavy atom. The second-order valence-electron chi connectivity index (χ2n) is 6.75. The van der Waals surface area contributed by atoms with Crippen LogP contribution < -0.4 is 15.0 Å². The lowest BCUT2D eigenvalue weighted by Crippen LogP contribution is -2.36. The molecule has 3 aromatic rings. The van der Waals surface area contributed by atoms with Gasteiger partial charge in [0.1, 0.15) is 11.6 Å². The lowest BCUT2D eigenvalue weighted by atomic mass is 10.1. The van der Waals surface area contributed by atoms with Gasteiger partial charge in [0, 0.05) is 30.4 Å². The first-order valence-electron chi connectivity index (χ1n) is 9.62. The number of nitrogens with zero attached hydrogens (tertiary/aromatic N) is 3. The molecule has 0 aliphatic carbocycles. The van der Waals surface area contributed by atoms with Gasteiger partial charge in [-0.3, -0.25) is 4.79 Å². The van der Waals surface area contributed by atoms with Crippen LogP contribution in [0.1, 0.15) is 0 Å². The van der Waals surface area contributed by atoms with Crippen LogP contribution in [0.5, 0.6) is 5.75 Å². The van der Waals surface area contributed by atoms with Crippen LogP contribution >= 0.6 is 0 Å². The van der Waals surface area contributed by atoms with Gasteiger partial charge in [-0.2, -0.15) is 0 Å².